The Morgan fingerprint density at radius 1 is 1.24 bits per heavy atom. The second kappa shape index (κ2) is 8.60. The summed E-state index contributed by atoms with van der Waals surface area (Å²) < 4.78 is 80.6. The first-order valence-corrected chi connectivity index (χ1v) is 10.1. The predicted octanol–water partition coefficient (Wildman–Crippen LogP) is 1.78. The Labute approximate surface area is 190 Å². The summed E-state index contributed by atoms with van der Waals surface area (Å²) in [5.41, 5.74) is 0.483. The van der Waals surface area contributed by atoms with Gasteiger partial charge in [0, 0.05) is 44.9 Å². The number of carbonyl (C=O) groups excluding carboxylic acids is 1. The quantitative estimate of drug-likeness (QED) is 0.370. The lowest BCUT2D eigenvalue weighted by molar-refractivity contribution is -0.245. The number of aliphatic hydroxyl groups is 1. The van der Waals surface area contributed by atoms with Gasteiger partial charge >= 0.3 is 12.4 Å². The van der Waals surface area contributed by atoms with Crippen molar-refractivity contribution in [3.63, 3.8) is 0 Å². The summed E-state index contributed by atoms with van der Waals surface area (Å²) in [7, 11) is 3.03. The van der Waals surface area contributed by atoms with Crippen molar-refractivity contribution in [2.45, 2.75) is 37.2 Å². The van der Waals surface area contributed by atoms with Gasteiger partial charge in [0.25, 0.3) is 0 Å². The molecule has 0 aromatic carbocycles. The third-order valence-electron chi connectivity index (χ3n) is 5.75. The molecular weight excluding hydrogens is 472 g/mol. The molecule has 1 amide bonds. The van der Waals surface area contributed by atoms with E-state index in [2.05, 4.69) is 9.97 Å². The Morgan fingerprint density at radius 2 is 1.82 bits per heavy atom. The van der Waals surface area contributed by atoms with Gasteiger partial charge in [0.1, 0.15) is 17.5 Å². The van der Waals surface area contributed by atoms with Crippen LogP contribution in [0.4, 0.5) is 38.0 Å². The Kier molecular flexibility index (Phi) is 6.45. The molecule has 34 heavy (non-hydrogen) atoms. The second-order valence-corrected chi connectivity index (χ2v) is 8.35. The number of rotatable bonds is 4. The fraction of sp³-hybridized carbons (Fsp3) is 0.579. The van der Waals surface area contributed by atoms with Gasteiger partial charge in [-0.2, -0.15) is 26.3 Å². The highest BCUT2D eigenvalue weighted by Gasteiger charge is 2.61. The van der Waals surface area contributed by atoms with Crippen LogP contribution in [0.2, 0.25) is 0 Å². The highest BCUT2D eigenvalue weighted by Crippen LogP contribution is 2.43. The topological polar surface area (TPSA) is 131 Å². The van der Waals surface area contributed by atoms with E-state index in [0.717, 1.165) is 0 Å². The highest BCUT2D eigenvalue weighted by atomic mass is 19.4. The van der Waals surface area contributed by atoms with E-state index in [9.17, 15) is 36.2 Å². The Balaban J connectivity index is 1.84. The van der Waals surface area contributed by atoms with E-state index in [4.69, 9.17) is 11.1 Å². The van der Waals surface area contributed by atoms with Crippen molar-refractivity contribution < 1.29 is 36.2 Å². The zero-order valence-electron chi connectivity index (χ0n) is 18.2. The average Bonchev–Trinajstić information content (AvgIpc) is 2.71. The fourth-order valence-electron chi connectivity index (χ4n) is 3.95. The lowest BCUT2D eigenvalue weighted by Gasteiger charge is -2.40. The molecule has 0 bridgehead atoms. The van der Waals surface area contributed by atoms with E-state index in [-0.39, 0.29) is 37.6 Å². The SMILES string of the molecule is CN(C)c1cc(N2CCC(C(=N)C3=C(N)NC(=O)CC3(O)C(F)(F)F)CC2)nc(C(F)(F)F)n1. The molecule has 0 aliphatic carbocycles. The summed E-state index contributed by atoms with van der Waals surface area (Å²) in [5, 5.41) is 20.7. The number of piperidine rings is 1. The summed E-state index contributed by atoms with van der Waals surface area (Å²) in [5.74, 6) is -3.97. The van der Waals surface area contributed by atoms with Crippen LogP contribution < -0.4 is 20.9 Å². The van der Waals surface area contributed by atoms with Gasteiger partial charge in [0.15, 0.2) is 5.60 Å². The maximum absolute atomic E-state index is 13.6. The van der Waals surface area contributed by atoms with Crippen LogP contribution >= 0.6 is 0 Å². The number of hydrogen-bond donors (Lipinski definition) is 4. The van der Waals surface area contributed by atoms with Crippen LogP contribution in [0.25, 0.3) is 0 Å². The number of nitrogens with one attached hydrogen (secondary N) is 2. The minimum absolute atomic E-state index is 0.00791. The normalized spacial score (nSPS) is 22.6. The Bertz CT molecular complexity index is 1020. The van der Waals surface area contributed by atoms with Gasteiger partial charge in [-0.1, -0.05) is 0 Å². The third-order valence-corrected chi connectivity index (χ3v) is 5.75. The van der Waals surface area contributed by atoms with Crippen LogP contribution in [-0.2, 0) is 11.0 Å². The highest BCUT2D eigenvalue weighted by molar-refractivity contribution is 6.04. The lowest BCUT2D eigenvalue weighted by atomic mass is 9.77. The molecular formula is C19H23F6N7O2. The molecule has 0 spiro atoms. The molecule has 188 valence electrons. The zero-order chi connectivity index (χ0) is 25.6. The van der Waals surface area contributed by atoms with E-state index >= 15 is 0 Å². The van der Waals surface area contributed by atoms with Gasteiger partial charge in [-0.15, -0.1) is 0 Å². The molecule has 0 radical (unpaired) electrons. The number of nitrogens with two attached hydrogens (primary N) is 1. The van der Waals surface area contributed by atoms with Crippen LogP contribution in [0, 0.1) is 11.3 Å². The van der Waals surface area contributed by atoms with Crippen LogP contribution in [0.3, 0.4) is 0 Å². The van der Waals surface area contributed by atoms with Gasteiger partial charge < -0.3 is 31.4 Å². The van der Waals surface area contributed by atoms with E-state index in [1.165, 1.54) is 30.0 Å². The number of halogens is 6. The second-order valence-electron chi connectivity index (χ2n) is 8.35. The van der Waals surface area contributed by atoms with Gasteiger partial charge in [-0.05, 0) is 12.8 Å². The first-order chi connectivity index (χ1) is 15.5. The number of aromatic nitrogens is 2. The predicted molar refractivity (Wildman–Crippen MR) is 109 cm³/mol. The molecule has 2 aliphatic rings. The molecule has 1 atom stereocenters. The molecule has 15 heteroatoms. The summed E-state index contributed by atoms with van der Waals surface area (Å²) in [4.78, 5) is 21.6. The molecule has 1 saturated heterocycles. The molecule has 9 nitrogen and oxygen atoms in total. The van der Waals surface area contributed by atoms with Crippen molar-refractivity contribution in [3.8, 4) is 0 Å². The fourth-order valence-corrected chi connectivity index (χ4v) is 3.95. The lowest BCUT2D eigenvalue weighted by Crippen LogP contribution is -2.58. The molecule has 3 heterocycles. The first-order valence-electron chi connectivity index (χ1n) is 10.1. The minimum Gasteiger partial charge on any atom is -0.385 e. The molecule has 1 aromatic heterocycles. The van der Waals surface area contributed by atoms with Crippen molar-refractivity contribution in [2.24, 2.45) is 11.7 Å². The number of nitrogens with zero attached hydrogens (tertiary/aromatic N) is 4. The van der Waals surface area contributed by atoms with Gasteiger partial charge in [0.2, 0.25) is 11.7 Å². The van der Waals surface area contributed by atoms with Gasteiger partial charge in [-0.3, -0.25) is 4.79 Å². The molecule has 1 fully saturated rings. The summed E-state index contributed by atoms with van der Waals surface area (Å²) in [6, 6.07) is 1.36. The standard InChI is InChI=1S/C19H23F6N7O2/c1-31(2)10-7-11(29-16(28-10)18(20,21)22)32-5-3-9(4-6-32)14(26)13-15(27)30-12(33)8-17(13,34)19(23,24)25/h7,9,26,34H,3-6,8,27H2,1-2H3,(H,30,33). The number of carbonyl (C=O) groups is 1. The number of anilines is 2. The van der Waals surface area contributed by atoms with Crippen molar-refractivity contribution in [3.05, 3.63) is 23.3 Å². The monoisotopic (exact) mass is 495 g/mol. The smallest absolute Gasteiger partial charge is 0.385 e. The van der Waals surface area contributed by atoms with Crippen LogP contribution in [0.1, 0.15) is 25.1 Å². The number of alkyl halides is 6. The van der Waals surface area contributed by atoms with Crippen molar-refractivity contribution in [1.29, 1.82) is 5.41 Å². The Hall–Kier alpha value is -3.10. The first kappa shape index (κ1) is 25.5. The van der Waals surface area contributed by atoms with E-state index in [1.54, 1.807) is 0 Å². The van der Waals surface area contributed by atoms with Crippen molar-refractivity contribution >= 4 is 23.3 Å². The van der Waals surface area contributed by atoms with Gasteiger partial charge in [-0.25, -0.2) is 9.97 Å². The summed E-state index contributed by atoms with van der Waals surface area (Å²) >= 11 is 0. The summed E-state index contributed by atoms with van der Waals surface area (Å²) in [6.45, 7) is 0.163. The van der Waals surface area contributed by atoms with E-state index in [0.29, 0.717) is 0 Å². The maximum Gasteiger partial charge on any atom is 0.451 e. The average molecular weight is 495 g/mol. The van der Waals surface area contributed by atoms with Crippen molar-refractivity contribution in [2.75, 3.05) is 37.0 Å². The molecule has 3 rings (SSSR count). The molecule has 1 aromatic rings. The number of hydrogen-bond acceptors (Lipinski definition) is 8. The van der Waals surface area contributed by atoms with E-state index in [1.807, 2.05) is 5.32 Å². The number of amides is 1. The van der Waals surface area contributed by atoms with Crippen LogP contribution in [0.5, 0.6) is 0 Å². The third kappa shape index (κ3) is 4.74. The molecule has 5 N–H and O–H groups in total. The molecule has 1 unspecified atom stereocenters. The maximum atomic E-state index is 13.6. The van der Waals surface area contributed by atoms with E-state index < -0.39 is 59.1 Å². The zero-order valence-corrected chi connectivity index (χ0v) is 18.2. The van der Waals surface area contributed by atoms with Gasteiger partial charge in [0.05, 0.1) is 12.0 Å². The molecule has 2 aliphatic heterocycles. The van der Waals surface area contributed by atoms with Crippen LogP contribution in [-0.4, -0.2) is 65.7 Å². The Morgan fingerprint density at radius 3 is 2.32 bits per heavy atom. The van der Waals surface area contributed by atoms with Crippen LogP contribution in [0.15, 0.2) is 17.5 Å². The molecule has 0 saturated carbocycles. The largest absolute Gasteiger partial charge is 0.451 e. The summed E-state index contributed by atoms with van der Waals surface area (Å²) in [6.07, 6.45) is -11.2. The van der Waals surface area contributed by atoms with Crippen molar-refractivity contribution in [1.82, 2.24) is 15.3 Å². The minimum atomic E-state index is -5.25.